The standard InChI is InChI=1S/C19H12N2/c1-2-6-15-13(4-1)10-17-19-14(11-20-21-17)9-8-12-5-3-7-16(15)18(12)19/h1-9,11H,10H2. The average Bonchev–Trinajstić information content (AvgIpc) is 2.69. The van der Waals surface area contributed by atoms with Crippen LogP contribution in [0.1, 0.15) is 11.3 Å². The molecule has 0 spiro atoms. The first kappa shape index (κ1) is 11.0. The molecule has 2 nitrogen and oxygen atoms in total. The summed E-state index contributed by atoms with van der Waals surface area (Å²) < 4.78 is 0. The summed E-state index contributed by atoms with van der Waals surface area (Å²) >= 11 is 0. The van der Waals surface area contributed by atoms with Crippen LogP contribution in [0.4, 0.5) is 0 Å². The van der Waals surface area contributed by atoms with Crippen LogP contribution in [0.2, 0.25) is 0 Å². The molecule has 21 heavy (non-hydrogen) atoms. The third-order valence-electron chi connectivity index (χ3n) is 4.41. The Bertz CT molecular complexity index is 1020. The fraction of sp³-hybridized carbons (Fsp3) is 0.0526. The summed E-state index contributed by atoms with van der Waals surface area (Å²) in [5.41, 5.74) is 5.02. The Morgan fingerprint density at radius 3 is 2.57 bits per heavy atom. The van der Waals surface area contributed by atoms with E-state index in [2.05, 4.69) is 64.8 Å². The fourth-order valence-corrected chi connectivity index (χ4v) is 3.49. The van der Waals surface area contributed by atoms with Gasteiger partial charge in [-0.15, -0.1) is 0 Å². The van der Waals surface area contributed by atoms with Gasteiger partial charge in [0.2, 0.25) is 0 Å². The van der Waals surface area contributed by atoms with Crippen LogP contribution in [0.3, 0.4) is 0 Å². The molecule has 1 aliphatic carbocycles. The molecule has 1 aromatic heterocycles. The number of fused-ring (bicyclic) bond motifs is 2. The highest BCUT2D eigenvalue weighted by Gasteiger charge is 2.18. The summed E-state index contributed by atoms with van der Waals surface area (Å²) in [7, 11) is 0. The van der Waals surface area contributed by atoms with E-state index in [1.807, 2.05) is 6.20 Å². The molecule has 0 unspecified atom stereocenters. The van der Waals surface area contributed by atoms with E-state index < -0.39 is 0 Å². The van der Waals surface area contributed by atoms with E-state index in [4.69, 9.17) is 0 Å². The zero-order chi connectivity index (χ0) is 13.8. The second kappa shape index (κ2) is 3.89. The second-order valence-electron chi connectivity index (χ2n) is 5.56. The van der Waals surface area contributed by atoms with E-state index in [0.717, 1.165) is 12.1 Å². The number of hydrogen-bond donors (Lipinski definition) is 0. The lowest BCUT2D eigenvalue weighted by molar-refractivity contribution is 0.962. The third-order valence-corrected chi connectivity index (χ3v) is 4.41. The van der Waals surface area contributed by atoms with Crippen molar-refractivity contribution in [2.24, 2.45) is 0 Å². The molecule has 98 valence electrons. The molecule has 0 saturated heterocycles. The Kier molecular flexibility index (Phi) is 2.03. The average molecular weight is 268 g/mol. The lowest BCUT2D eigenvalue weighted by Crippen LogP contribution is -1.95. The van der Waals surface area contributed by atoms with Crippen molar-refractivity contribution >= 4 is 21.5 Å². The lowest BCUT2D eigenvalue weighted by Gasteiger charge is -2.09. The van der Waals surface area contributed by atoms with Gasteiger partial charge in [-0.05, 0) is 27.5 Å². The number of benzene rings is 3. The zero-order valence-electron chi connectivity index (χ0n) is 11.4. The molecule has 1 aliphatic rings. The molecule has 0 fully saturated rings. The first-order chi connectivity index (χ1) is 10.4. The number of nitrogens with zero attached hydrogens (tertiary/aromatic N) is 2. The lowest BCUT2D eigenvalue weighted by atomic mass is 9.95. The van der Waals surface area contributed by atoms with Crippen LogP contribution in [0, 0.1) is 0 Å². The van der Waals surface area contributed by atoms with Crippen molar-refractivity contribution in [3.05, 3.63) is 72.1 Å². The Balaban J connectivity index is 2.12. The van der Waals surface area contributed by atoms with Gasteiger partial charge < -0.3 is 0 Å². The normalized spacial score (nSPS) is 12.6. The first-order valence-electron chi connectivity index (χ1n) is 7.16. The van der Waals surface area contributed by atoms with Gasteiger partial charge in [-0.2, -0.15) is 10.2 Å². The highest BCUT2D eigenvalue weighted by Crippen LogP contribution is 2.40. The Hall–Kier alpha value is -2.74. The first-order valence-corrected chi connectivity index (χ1v) is 7.16. The van der Waals surface area contributed by atoms with E-state index in [0.29, 0.717) is 0 Å². The van der Waals surface area contributed by atoms with Crippen LogP contribution in [0.5, 0.6) is 0 Å². The van der Waals surface area contributed by atoms with E-state index >= 15 is 0 Å². The summed E-state index contributed by atoms with van der Waals surface area (Å²) in [6, 6.07) is 19.5. The highest BCUT2D eigenvalue weighted by molar-refractivity contribution is 6.16. The van der Waals surface area contributed by atoms with Gasteiger partial charge in [0, 0.05) is 17.2 Å². The topological polar surface area (TPSA) is 25.8 Å². The fourth-order valence-electron chi connectivity index (χ4n) is 3.49. The van der Waals surface area contributed by atoms with Gasteiger partial charge >= 0.3 is 0 Å². The molecule has 3 aromatic carbocycles. The van der Waals surface area contributed by atoms with Crippen molar-refractivity contribution in [3.8, 4) is 11.1 Å². The molecular weight excluding hydrogens is 256 g/mol. The van der Waals surface area contributed by atoms with Crippen LogP contribution in [0.25, 0.3) is 32.7 Å². The molecular formula is C19H12N2. The Morgan fingerprint density at radius 2 is 1.57 bits per heavy atom. The predicted molar refractivity (Wildman–Crippen MR) is 85.3 cm³/mol. The molecule has 0 saturated carbocycles. The van der Waals surface area contributed by atoms with Gasteiger partial charge in [-0.25, -0.2) is 0 Å². The van der Waals surface area contributed by atoms with Crippen molar-refractivity contribution in [2.45, 2.75) is 6.42 Å². The summed E-state index contributed by atoms with van der Waals surface area (Å²) in [5.74, 6) is 0. The van der Waals surface area contributed by atoms with Crippen LogP contribution in [0.15, 0.2) is 60.8 Å². The zero-order valence-corrected chi connectivity index (χ0v) is 11.4. The third kappa shape index (κ3) is 1.42. The van der Waals surface area contributed by atoms with E-state index in [1.54, 1.807) is 0 Å². The summed E-state index contributed by atoms with van der Waals surface area (Å²) in [4.78, 5) is 0. The van der Waals surface area contributed by atoms with E-state index in [1.165, 1.54) is 38.2 Å². The maximum absolute atomic E-state index is 4.43. The van der Waals surface area contributed by atoms with Crippen LogP contribution in [-0.2, 0) is 6.42 Å². The molecule has 0 aliphatic heterocycles. The van der Waals surface area contributed by atoms with Gasteiger partial charge in [0.05, 0.1) is 11.9 Å². The number of rotatable bonds is 0. The minimum atomic E-state index is 0.842. The maximum atomic E-state index is 4.43. The van der Waals surface area contributed by atoms with Crippen molar-refractivity contribution < 1.29 is 0 Å². The smallest absolute Gasteiger partial charge is 0.0759 e. The molecule has 0 amide bonds. The van der Waals surface area contributed by atoms with E-state index in [-0.39, 0.29) is 0 Å². The van der Waals surface area contributed by atoms with Crippen LogP contribution in [-0.4, -0.2) is 10.2 Å². The Morgan fingerprint density at radius 1 is 0.714 bits per heavy atom. The molecule has 0 bridgehead atoms. The van der Waals surface area contributed by atoms with Gasteiger partial charge in [0.25, 0.3) is 0 Å². The molecule has 0 atom stereocenters. The van der Waals surface area contributed by atoms with Crippen LogP contribution >= 0.6 is 0 Å². The molecule has 5 rings (SSSR count). The van der Waals surface area contributed by atoms with Gasteiger partial charge in [0.15, 0.2) is 0 Å². The minimum Gasteiger partial charge on any atom is -0.158 e. The van der Waals surface area contributed by atoms with Gasteiger partial charge in [-0.3, -0.25) is 0 Å². The van der Waals surface area contributed by atoms with Gasteiger partial charge in [-0.1, -0.05) is 54.6 Å². The summed E-state index contributed by atoms with van der Waals surface area (Å²) in [5, 5.41) is 13.6. The van der Waals surface area contributed by atoms with Crippen molar-refractivity contribution in [3.63, 3.8) is 0 Å². The molecule has 1 heterocycles. The molecule has 4 aromatic rings. The molecule has 2 heteroatoms. The molecule has 0 radical (unpaired) electrons. The van der Waals surface area contributed by atoms with E-state index in [9.17, 15) is 0 Å². The summed E-state index contributed by atoms with van der Waals surface area (Å²) in [6.45, 7) is 0. The SMILES string of the molecule is c1ccc2c(c1)Cc1nncc3ccc4cccc-2c4c13. The predicted octanol–water partition coefficient (Wildman–Crippen LogP) is 4.35. The quantitative estimate of drug-likeness (QED) is 0.390. The molecule has 0 N–H and O–H groups in total. The monoisotopic (exact) mass is 268 g/mol. The van der Waals surface area contributed by atoms with Gasteiger partial charge in [0.1, 0.15) is 0 Å². The van der Waals surface area contributed by atoms with Crippen LogP contribution < -0.4 is 0 Å². The second-order valence-corrected chi connectivity index (χ2v) is 5.56. The number of aromatic nitrogens is 2. The highest BCUT2D eigenvalue weighted by atomic mass is 15.1. The van der Waals surface area contributed by atoms with Crippen molar-refractivity contribution in [1.29, 1.82) is 0 Å². The van der Waals surface area contributed by atoms with Crippen molar-refractivity contribution in [1.82, 2.24) is 10.2 Å². The van der Waals surface area contributed by atoms with Crippen molar-refractivity contribution in [2.75, 3.05) is 0 Å². The maximum Gasteiger partial charge on any atom is 0.0759 e. The largest absolute Gasteiger partial charge is 0.158 e. The minimum absolute atomic E-state index is 0.842. The Labute approximate surface area is 122 Å². The number of hydrogen-bond acceptors (Lipinski definition) is 2. The summed E-state index contributed by atoms with van der Waals surface area (Å²) in [6.07, 6.45) is 2.71.